The number of imide groups is 1. The summed E-state index contributed by atoms with van der Waals surface area (Å²) in [5, 5.41) is 4.54. The van der Waals surface area contributed by atoms with Crippen LogP contribution in [0.4, 0.5) is 4.79 Å². The second kappa shape index (κ2) is 7.48. The lowest BCUT2D eigenvalue weighted by Crippen LogP contribution is -2.52. The molecule has 0 aromatic carbocycles. The molecule has 4 fully saturated rings. The Balaban J connectivity index is 1.49. The van der Waals surface area contributed by atoms with Gasteiger partial charge in [-0.2, -0.15) is 0 Å². The molecule has 4 aliphatic carbocycles. The Morgan fingerprint density at radius 1 is 1.16 bits per heavy atom. The molecule has 0 radical (unpaired) electrons. The summed E-state index contributed by atoms with van der Waals surface area (Å²) in [5.41, 5.74) is -0.0242. The maximum Gasteiger partial charge on any atom is 0.321 e. The van der Waals surface area contributed by atoms with E-state index in [4.69, 9.17) is 4.74 Å². The van der Waals surface area contributed by atoms with Crippen LogP contribution < -0.4 is 10.6 Å². The lowest BCUT2D eigenvalue weighted by Gasteiger charge is -2.57. The molecule has 4 aliphatic rings. The van der Waals surface area contributed by atoms with Gasteiger partial charge in [0.15, 0.2) is 6.61 Å². The van der Waals surface area contributed by atoms with E-state index in [0.717, 1.165) is 37.0 Å². The maximum atomic E-state index is 12.5. The predicted molar refractivity (Wildman–Crippen MR) is 96.0 cm³/mol. The normalized spacial score (nSPS) is 33.4. The molecule has 25 heavy (non-hydrogen) atoms. The van der Waals surface area contributed by atoms with Crippen LogP contribution in [0.3, 0.4) is 0 Å². The standard InChI is InChI=1S/C18H25BrN2O4/c1-2-3-20-17(24)21-14(22)10-25-16(23)15(19)18-7-11-4-12(8-18)6-13(5-11)9-18/h2,11-13,15H,1,3-10H2,(H2,20,21,22,24)/t11?,12?,13?,15-,18?/m1/s1. The molecule has 6 nitrogen and oxygen atoms in total. The highest BCUT2D eigenvalue weighted by Gasteiger charge is 2.55. The van der Waals surface area contributed by atoms with Crippen LogP contribution >= 0.6 is 15.9 Å². The van der Waals surface area contributed by atoms with Crippen LogP contribution in [0, 0.1) is 23.2 Å². The van der Waals surface area contributed by atoms with E-state index >= 15 is 0 Å². The van der Waals surface area contributed by atoms with Crippen molar-refractivity contribution < 1.29 is 19.1 Å². The van der Waals surface area contributed by atoms with E-state index in [9.17, 15) is 14.4 Å². The molecule has 4 rings (SSSR count). The number of ether oxygens (including phenoxy) is 1. The molecule has 0 unspecified atom stereocenters. The quantitative estimate of drug-likeness (QED) is 0.398. The molecule has 0 saturated heterocycles. The third-order valence-corrected chi connectivity index (χ3v) is 7.18. The minimum absolute atomic E-state index is 0.0242. The first-order chi connectivity index (χ1) is 11.9. The summed E-state index contributed by atoms with van der Waals surface area (Å²) in [6, 6.07) is -0.627. The van der Waals surface area contributed by atoms with Crippen LogP contribution in [0.25, 0.3) is 0 Å². The first kappa shape index (κ1) is 18.4. The summed E-state index contributed by atoms with van der Waals surface area (Å²) in [4.78, 5) is 35.2. The number of carbonyl (C=O) groups is 3. The van der Waals surface area contributed by atoms with E-state index in [-0.39, 0.29) is 16.8 Å². The molecule has 0 aromatic heterocycles. The molecule has 0 heterocycles. The predicted octanol–water partition coefficient (Wildman–Crippen LogP) is 2.52. The van der Waals surface area contributed by atoms with Crippen LogP contribution in [-0.2, 0) is 14.3 Å². The van der Waals surface area contributed by atoms with Crippen LogP contribution in [0.1, 0.15) is 38.5 Å². The number of esters is 1. The number of carbonyl (C=O) groups excluding carboxylic acids is 3. The number of nitrogens with one attached hydrogen (secondary N) is 2. The lowest BCUT2D eigenvalue weighted by atomic mass is 9.49. The molecule has 4 bridgehead atoms. The number of alkyl halides is 1. The van der Waals surface area contributed by atoms with Gasteiger partial charge >= 0.3 is 12.0 Å². The van der Waals surface area contributed by atoms with Crippen molar-refractivity contribution in [3.8, 4) is 0 Å². The van der Waals surface area contributed by atoms with Crippen LogP contribution in [0.5, 0.6) is 0 Å². The zero-order chi connectivity index (χ0) is 18.0. The number of hydrogen-bond donors (Lipinski definition) is 2. The molecular weight excluding hydrogens is 388 g/mol. The average molecular weight is 413 g/mol. The zero-order valence-electron chi connectivity index (χ0n) is 14.3. The SMILES string of the molecule is C=CCNC(=O)NC(=O)COC(=O)[C@@H](Br)C12CC3CC(CC(C3)C1)C2. The molecule has 4 saturated carbocycles. The fraction of sp³-hybridized carbons (Fsp3) is 0.722. The van der Waals surface area contributed by atoms with Crippen molar-refractivity contribution in [3.63, 3.8) is 0 Å². The number of urea groups is 1. The fourth-order valence-corrected chi connectivity index (χ4v) is 6.01. The average Bonchev–Trinajstić information content (AvgIpc) is 2.56. The third kappa shape index (κ3) is 4.07. The number of amides is 3. The second-order valence-corrected chi connectivity index (χ2v) is 8.71. The minimum atomic E-state index is -0.639. The van der Waals surface area contributed by atoms with Gasteiger partial charge < -0.3 is 10.1 Å². The summed E-state index contributed by atoms with van der Waals surface area (Å²) in [5.74, 6) is 1.16. The number of hydrogen-bond acceptors (Lipinski definition) is 4. The first-order valence-corrected chi connectivity index (χ1v) is 9.82. The second-order valence-electron chi connectivity index (χ2n) is 7.80. The van der Waals surface area contributed by atoms with Gasteiger partial charge in [0.05, 0.1) is 0 Å². The molecule has 138 valence electrons. The van der Waals surface area contributed by atoms with Gasteiger partial charge in [0.2, 0.25) is 0 Å². The van der Waals surface area contributed by atoms with Crippen molar-refractivity contribution in [2.75, 3.05) is 13.2 Å². The van der Waals surface area contributed by atoms with Gasteiger partial charge in [-0.15, -0.1) is 6.58 Å². The van der Waals surface area contributed by atoms with Gasteiger partial charge in [-0.3, -0.25) is 14.9 Å². The van der Waals surface area contributed by atoms with Crippen molar-refractivity contribution in [2.45, 2.75) is 43.4 Å². The van der Waals surface area contributed by atoms with Crippen molar-refractivity contribution in [2.24, 2.45) is 23.2 Å². The van der Waals surface area contributed by atoms with E-state index in [1.165, 1.54) is 25.3 Å². The van der Waals surface area contributed by atoms with Gasteiger partial charge in [0.1, 0.15) is 4.83 Å². The fourth-order valence-electron chi connectivity index (χ4n) is 5.32. The summed E-state index contributed by atoms with van der Waals surface area (Å²) in [6.45, 7) is 3.27. The molecule has 7 heteroatoms. The Kier molecular flexibility index (Phi) is 5.51. The zero-order valence-corrected chi connectivity index (χ0v) is 15.8. The van der Waals surface area contributed by atoms with Gasteiger partial charge in [-0.1, -0.05) is 22.0 Å². The summed E-state index contributed by atoms with van der Waals surface area (Å²) in [7, 11) is 0. The third-order valence-electron chi connectivity index (χ3n) is 5.84. The van der Waals surface area contributed by atoms with Crippen LogP contribution in [-0.4, -0.2) is 35.9 Å². The number of halogens is 1. The van der Waals surface area contributed by atoms with Crippen molar-refractivity contribution >= 4 is 33.8 Å². The smallest absolute Gasteiger partial charge is 0.321 e. The Labute approximate surface area is 156 Å². The summed E-state index contributed by atoms with van der Waals surface area (Å²) < 4.78 is 5.16. The van der Waals surface area contributed by atoms with E-state index < -0.39 is 24.5 Å². The summed E-state index contributed by atoms with van der Waals surface area (Å²) >= 11 is 3.57. The van der Waals surface area contributed by atoms with Gasteiger partial charge in [0, 0.05) is 6.54 Å². The van der Waals surface area contributed by atoms with Crippen LogP contribution in [0.2, 0.25) is 0 Å². The van der Waals surface area contributed by atoms with E-state index in [1.54, 1.807) is 0 Å². The van der Waals surface area contributed by atoms with Crippen molar-refractivity contribution in [1.82, 2.24) is 10.6 Å². The highest BCUT2D eigenvalue weighted by Crippen LogP contribution is 2.62. The molecular formula is C18H25BrN2O4. The highest BCUT2D eigenvalue weighted by molar-refractivity contribution is 9.10. The number of rotatable bonds is 6. The molecule has 0 aliphatic heterocycles. The Morgan fingerprint density at radius 3 is 2.24 bits per heavy atom. The molecule has 0 spiro atoms. The first-order valence-electron chi connectivity index (χ1n) is 8.91. The van der Waals surface area contributed by atoms with E-state index in [0.29, 0.717) is 0 Å². The molecule has 3 amide bonds. The molecule has 2 N–H and O–H groups in total. The van der Waals surface area contributed by atoms with E-state index in [2.05, 4.69) is 33.1 Å². The minimum Gasteiger partial charge on any atom is -0.455 e. The van der Waals surface area contributed by atoms with Crippen molar-refractivity contribution in [3.05, 3.63) is 12.7 Å². The van der Waals surface area contributed by atoms with E-state index in [1.807, 2.05) is 0 Å². The largest absolute Gasteiger partial charge is 0.455 e. The van der Waals surface area contributed by atoms with Gasteiger partial charge in [-0.05, 0) is 61.7 Å². The van der Waals surface area contributed by atoms with Gasteiger partial charge in [-0.25, -0.2) is 4.79 Å². The topological polar surface area (TPSA) is 84.5 Å². The summed E-state index contributed by atoms with van der Waals surface area (Å²) in [6.07, 6.45) is 8.62. The molecule has 0 aromatic rings. The van der Waals surface area contributed by atoms with Crippen molar-refractivity contribution in [1.29, 1.82) is 0 Å². The highest BCUT2D eigenvalue weighted by atomic mass is 79.9. The lowest BCUT2D eigenvalue weighted by molar-refractivity contribution is -0.153. The Morgan fingerprint density at radius 2 is 1.72 bits per heavy atom. The maximum absolute atomic E-state index is 12.5. The monoisotopic (exact) mass is 412 g/mol. The van der Waals surface area contributed by atoms with Gasteiger partial charge in [0.25, 0.3) is 5.91 Å². The Hall–Kier alpha value is -1.37. The Bertz CT molecular complexity index is 542. The van der Waals surface area contributed by atoms with Crippen LogP contribution in [0.15, 0.2) is 12.7 Å². The molecule has 1 atom stereocenters.